The minimum atomic E-state index is -0.174. The van der Waals surface area contributed by atoms with E-state index in [4.69, 9.17) is 35.3 Å². The first-order chi connectivity index (χ1) is 15.6. The van der Waals surface area contributed by atoms with Crippen LogP contribution in [0.2, 0.25) is 5.02 Å². The second kappa shape index (κ2) is 8.57. The molecule has 7 heteroatoms. The Balaban J connectivity index is 1.34. The van der Waals surface area contributed by atoms with E-state index >= 15 is 0 Å². The molecule has 0 saturated heterocycles. The van der Waals surface area contributed by atoms with Gasteiger partial charge in [-0.25, -0.2) is 0 Å². The molecule has 0 aliphatic carbocycles. The average Bonchev–Trinajstić information content (AvgIpc) is 3.11. The van der Waals surface area contributed by atoms with Crippen molar-refractivity contribution < 1.29 is 28.5 Å². The Hall–Kier alpha value is -3.48. The molecule has 2 aliphatic heterocycles. The summed E-state index contributed by atoms with van der Waals surface area (Å²) in [6, 6.07) is 16.2. The summed E-state index contributed by atoms with van der Waals surface area (Å²) in [7, 11) is 1.60. The van der Waals surface area contributed by atoms with Crippen molar-refractivity contribution in [2.75, 3.05) is 13.9 Å². The first-order valence-electron chi connectivity index (χ1n) is 9.98. The molecule has 162 valence electrons. The summed E-state index contributed by atoms with van der Waals surface area (Å²) in [5, 5.41) is 0.589. The second-order valence-corrected chi connectivity index (χ2v) is 7.76. The molecular formula is C25H19ClO6. The standard InChI is InChI=1S/C25H19ClO6/c1-28-19-4-2-3-15(7-19)8-23-24(27)21-6-5-20(11-22(21)32-23)30-13-17-10-18(26)9-16-12-29-14-31-25(16)17/h2-11H,12-14H2,1H3/b23-8-. The maximum Gasteiger partial charge on any atom is 0.231 e. The molecule has 0 atom stereocenters. The molecule has 3 aromatic rings. The number of hydrogen-bond donors (Lipinski definition) is 0. The lowest BCUT2D eigenvalue weighted by molar-refractivity contribution is -0.0175. The fourth-order valence-corrected chi connectivity index (χ4v) is 3.93. The number of Topliss-reactive ketones (excluding diaryl/α,β-unsaturated/α-hetero) is 1. The van der Waals surface area contributed by atoms with E-state index in [1.807, 2.05) is 36.4 Å². The lowest BCUT2D eigenvalue weighted by atomic mass is 10.1. The number of benzene rings is 3. The van der Waals surface area contributed by atoms with Gasteiger partial charge in [0.1, 0.15) is 29.6 Å². The van der Waals surface area contributed by atoms with Crippen LogP contribution in [0.5, 0.6) is 23.0 Å². The highest BCUT2D eigenvalue weighted by atomic mass is 35.5. The van der Waals surface area contributed by atoms with Gasteiger partial charge in [-0.15, -0.1) is 0 Å². The second-order valence-electron chi connectivity index (χ2n) is 7.33. The SMILES string of the molecule is COc1cccc(/C=C2\Oc3cc(OCc4cc(Cl)cc5c4OCOC5)ccc3C2=O)c1. The smallest absolute Gasteiger partial charge is 0.231 e. The summed E-state index contributed by atoms with van der Waals surface area (Å²) in [4.78, 5) is 12.7. The van der Waals surface area contributed by atoms with Crippen LogP contribution in [0.15, 0.2) is 60.4 Å². The number of carbonyl (C=O) groups is 1. The van der Waals surface area contributed by atoms with Gasteiger partial charge in [-0.3, -0.25) is 4.79 Å². The van der Waals surface area contributed by atoms with E-state index in [9.17, 15) is 4.79 Å². The molecule has 0 saturated carbocycles. The third-order valence-electron chi connectivity index (χ3n) is 5.18. The number of carbonyl (C=O) groups excluding carboxylic acids is 1. The lowest BCUT2D eigenvalue weighted by Gasteiger charge is -2.21. The highest BCUT2D eigenvalue weighted by Gasteiger charge is 2.28. The summed E-state index contributed by atoms with van der Waals surface area (Å²) in [6.07, 6.45) is 1.70. The van der Waals surface area contributed by atoms with Gasteiger partial charge in [0.15, 0.2) is 12.6 Å². The third-order valence-corrected chi connectivity index (χ3v) is 5.40. The Labute approximate surface area is 189 Å². The number of methoxy groups -OCH3 is 1. The molecule has 32 heavy (non-hydrogen) atoms. The molecule has 5 rings (SSSR count). The van der Waals surface area contributed by atoms with E-state index < -0.39 is 0 Å². The molecule has 2 heterocycles. The van der Waals surface area contributed by atoms with Crippen LogP contribution >= 0.6 is 11.6 Å². The van der Waals surface area contributed by atoms with Crippen molar-refractivity contribution in [3.63, 3.8) is 0 Å². The fourth-order valence-electron chi connectivity index (χ4n) is 3.66. The number of hydrogen-bond acceptors (Lipinski definition) is 6. The van der Waals surface area contributed by atoms with E-state index in [-0.39, 0.29) is 24.9 Å². The first kappa shape index (κ1) is 20.4. The van der Waals surface area contributed by atoms with E-state index in [2.05, 4.69) is 0 Å². The molecule has 0 aromatic heterocycles. The molecule has 6 nitrogen and oxygen atoms in total. The fraction of sp³-hybridized carbons (Fsp3) is 0.160. The number of rotatable bonds is 5. The lowest BCUT2D eigenvalue weighted by Crippen LogP contribution is -2.14. The van der Waals surface area contributed by atoms with Crippen LogP contribution in [0.25, 0.3) is 6.08 Å². The van der Waals surface area contributed by atoms with E-state index in [1.54, 1.807) is 31.4 Å². The Bertz CT molecular complexity index is 1230. The minimum Gasteiger partial charge on any atom is -0.497 e. The Morgan fingerprint density at radius 3 is 2.88 bits per heavy atom. The van der Waals surface area contributed by atoms with Crippen molar-refractivity contribution in [3.8, 4) is 23.0 Å². The molecule has 0 bridgehead atoms. The zero-order valence-electron chi connectivity index (χ0n) is 17.2. The van der Waals surface area contributed by atoms with Crippen molar-refractivity contribution >= 4 is 23.5 Å². The molecule has 0 N–H and O–H groups in total. The Kier molecular flexibility index (Phi) is 5.47. The highest BCUT2D eigenvalue weighted by molar-refractivity contribution is 6.30. The van der Waals surface area contributed by atoms with Gasteiger partial charge in [-0.1, -0.05) is 23.7 Å². The predicted octanol–water partition coefficient (Wildman–Crippen LogP) is 5.41. The zero-order valence-corrected chi connectivity index (χ0v) is 18.0. The molecule has 0 radical (unpaired) electrons. The summed E-state index contributed by atoms with van der Waals surface area (Å²) in [5.74, 6) is 2.54. The third kappa shape index (κ3) is 4.02. The predicted molar refractivity (Wildman–Crippen MR) is 118 cm³/mol. The molecule has 0 unspecified atom stereocenters. The van der Waals surface area contributed by atoms with Crippen LogP contribution in [0.4, 0.5) is 0 Å². The summed E-state index contributed by atoms with van der Waals surface area (Å²) in [5.41, 5.74) is 3.02. The van der Waals surface area contributed by atoms with Gasteiger partial charge in [0.25, 0.3) is 0 Å². The minimum absolute atomic E-state index is 0.174. The van der Waals surface area contributed by atoms with Crippen molar-refractivity contribution in [2.24, 2.45) is 0 Å². The largest absolute Gasteiger partial charge is 0.497 e. The molecule has 0 fully saturated rings. The van der Waals surface area contributed by atoms with Crippen LogP contribution in [0.1, 0.15) is 27.0 Å². The molecule has 3 aromatic carbocycles. The van der Waals surface area contributed by atoms with Crippen molar-refractivity contribution in [2.45, 2.75) is 13.2 Å². The van der Waals surface area contributed by atoms with E-state index in [0.29, 0.717) is 34.4 Å². The normalized spacial score (nSPS) is 15.6. The van der Waals surface area contributed by atoms with Crippen molar-refractivity contribution in [1.82, 2.24) is 0 Å². The maximum absolute atomic E-state index is 12.7. The van der Waals surface area contributed by atoms with Crippen LogP contribution in [-0.4, -0.2) is 19.7 Å². The number of allylic oxidation sites excluding steroid dienone is 1. The van der Waals surface area contributed by atoms with Crippen LogP contribution < -0.4 is 18.9 Å². The Morgan fingerprint density at radius 1 is 1.09 bits per heavy atom. The van der Waals surface area contributed by atoms with Crippen molar-refractivity contribution in [3.05, 3.63) is 87.6 Å². The number of ketones is 1. The van der Waals surface area contributed by atoms with Crippen LogP contribution in [0, 0.1) is 0 Å². The van der Waals surface area contributed by atoms with Gasteiger partial charge in [0, 0.05) is 22.2 Å². The monoisotopic (exact) mass is 450 g/mol. The van der Waals surface area contributed by atoms with Gasteiger partial charge in [-0.05, 0) is 48.0 Å². The summed E-state index contributed by atoms with van der Waals surface area (Å²) >= 11 is 6.22. The molecule has 0 amide bonds. The van der Waals surface area contributed by atoms with E-state index in [1.165, 1.54) is 0 Å². The molecule has 2 aliphatic rings. The average molecular weight is 451 g/mol. The van der Waals surface area contributed by atoms with Gasteiger partial charge >= 0.3 is 0 Å². The first-order valence-corrected chi connectivity index (χ1v) is 10.4. The summed E-state index contributed by atoms with van der Waals surface area (Å²) in [6.45, 7) is 0.890. The van der Waals surface area contributed by atoms with Crippen LogP contribution in [-0.2, 0) is 18.0 Å². The summed E-state index contributed by atoms with van der Waals surface area (Å²) < 4.78 is 28.0. The van der Waals surface area contributed by atoms with Gasteiger partial charge in [0.05, 0.1) is 19.3 Å². The molecular weight excluding hydrogens is 432 g/mol. The zero-order chi connectivity index (χ0) is 22.1. The molecule has 0 spiro atoms. The van der Waals surface area contributed by atoms with Crippen molar-refractivity contribution in [1.29, 1.82) is 0 Å². The number of halogens is 1. The van der Waals surface area contributed by atoms with E-state index in [0.717, 1.165) is 22.4 Å². The highest BCUT2D eigenvalue weighted by Crippen LogP contribution is 2.36. The van der Waals surface area contributed by atoms with Gasteiger partial charge in [-0.2, -0.15) is 0 Å². The van der Waals surface area contributed by atoms with Gasteiger partial charge in [0.2, 0.25) is 5.78 Å². The maximum atomic E-state index is 12.7. The van der Waals surface area contributed by atoms with Gasteiger partial charge < -0.3 is 23.7 Å². The number of ether oxygens (including phenoxy) is 5. The Morgan fingerprint density at radius 2 is 2.00 bits per heavy atom. The van der Waals surface area contributed by atoms with Crippen LogP contribution in [0.3, 0.4) is 0 Å². The number of fused-ring (bicyclic) bond motifs is 2. The topological polar surface area (TPSA) is 63.2 Å². The quantitative estimate of drug-likeness (QED) is 0.484.